The lowest BCUT2D eigenvalue weighted by atomic mass is 10.0. The van der Waals surface area contributed by atoms with Crippen molar-refractivity contribution in [1.29, 1.82) is 0 Å². The van der Waals surface area contributed by atoms with Crippen molar-refractivity contribution >= 4 is 17.6 Å². The highest BCUT2D eigenvalue weighted by molar-refractivity contribution is 5.93. The molecule has 0 spiro atoms. The predicted octanol–water partition coefficient (Wildman–Crippen LogP) is 1.35. The number of ether oxygens (including phenoxy) is 1. The maximum atomic E-state index is 13.2. The maximum absolute atomic E-state index is 13.2. The van der Waals surface area contributed by atoms with Gasteiger partial charge in [-0.1, -0.05) is 13.8 Å². The van der Waals surface area contributed by atoms with Crippen molar-refractivity contribution in [2.75, 3.05) is 24.6 Å². The molecule has 1 aliphatic heterocycles. The zero-order valence-electron chi connectivity index (χ0n) is 16.0. The van der Waals surface area contributed by atoms with E-state index in [1.165, 1.54) is 11.1 Å². The Kier molecular flexibility index (Phi) is 5.66. The van der Waals surface area contributed by atoms with E-state index in [0.29, 0.717) is 12.5 Å². The minimum atomic E-state index is -2.76. The summed E-state index contributed by atoms with van der Waals surface area (Å²) >= 11 is 0. The smallest absolute Gasteiger partial charge is 0.282 e. The SMILES string of the molecule is CC(C)[C@H](CC(N)=O)NC(=O)c1cnc(N2CC(F)(F)C2)c(OCC2CC2)n1. The Morgan fingerprint density at radius 3 is 2.61 bits per heavy atom. The van der Waals surface area contributed by atoms with Crippen molar-refractivity contribution < 1.29 is 23.1 Å². The highest BCUT2D eigenvalue weighted by Gasteiger charge is 2.46. The molecule has 0 radical (unpaired) electrons. The van der Waals surface area contributed by atoms with Crippen LogP contribution in [0.3, 0.4) is 0 Å². The van der Waals surface area contributed by atoms with Crippen LogP contribution >= 0.6 is 0 Å². The molecule has 0 bridgehead atoms. The van der Waals surface area contributed by atoms with Crippen molar-refractivity contribution in [1.82, 2.24) is 15.3 Å². The van der Waals surface area contributed by atoms with Crippen LogP contribution < -0.4 is 20.7 Å². The summed E-state index contributed by atoms with van der Waals surface area (Å²) < 4.78 is 32.1. The van der Waals surface area contributed by atoms with E-state index in [4.69, 9.17) is 10.5 Å². The van der Waals surface area contributed by atoms with Crippen LogP contribution in [-0.4, -0.2) is 53.4 Å². The van der Waals surface area contributed by atoms with Crippen LogP contribution in [0.25, 0.3) is 0 Å². The first-order valence-electron chi connectivity index (χ1n) is 9.36. The van der Waals surface area contributed by atoms with E-state index >= 15 is 0 Å². The molecule has 3 rings (SSSR count). The lowest BCUT2D eigenvalue weighted by molar-refractivity contribution is -0.118. The molecular weight excluding hydrogens is 372 g/mol. The average molecular weight is 397 g/mol. The number of rotatable bonds is 9. The molecule has 2 fully saturated rings. The number of nitrogens with one attached hydrogen (secondary N) is 1. The van der Waals surface area contributed by atoms with E-state index in [9.17, 15) is 18.4 Å². The van der Waals surface area contributed by atoms with E-state index in [1.54, 1.807) is 0 Å². The fourth-order valence-electron chi connectivity index (χ4n) is 2.84. The molecular formula is C18H25F2N5O3. The molecule has 2 heterocycles. The Morgan fingerprint density at radius 1 is 1.39 bits per heavy atom. The molecule has 2 aliphatic rings. The number of primary amides is 1. The average Bonchev–Trinajstić information content (AvgIpc) is 3.40. The van der Waals surface area contributed by atoms with Gasteiger partial charge in [-0.3, -0.25) is 9.59 Å². The van der Waals surface area contributed by atoms with Gasteiger partial charge in [-0.2, -0.15) is 0 Å². The number of hydrogen-bond acceptors (Lipinski definition) is 6. The van der Waals surface area contributed by atoms with Crippen molar-refractivity contribution in [2.24, 2.45) is 17.6 Å². The summed E-state index contributed by atoms with van der Waals surface area (Å²) in [4.78, 5) is 33.5. The molecule has 154 valence electrons. The first-order valence-corrected chi connectivity index (χ1v) is 9.36. The standard InChI is InChI=1S/C18H25F2N5O3/c1-10(2)12(5-14(21)26)23-16(27)13-6-22-15(25-8-18(19,20)9-25)17(24-13)28-7-11-3-4-11/h6,10-12H,3-5,7-9H2,1-2H3,(H2,21,26)(H,23,27)/t12-/m0/s1. The second kappa shape index (κ2) is 7.84. The predicted molar refractivity (Wildman–Crippen MR) is 97.3 cm³/mol. The normalized spacial score (nSPS) is 19.1. The van der Waals surface area contributed by atoms with Crippen LogP contribution in [0, 0.1) is 11.8 Å². The van der Waals surface area contributed by atoms with Crippen LogP contribution in [-0.2, 0) is 4.79 Å². The van der Waals surface area contributed by atoms with Gasteiger partial charge in [-0.15, -0.1) is 0 Å². The van der Waals surface area contributed by atoms with Crippen LogP contribution in [0.2, 0.25) is 0 Å². The summed E-state index contributed by atoms with van der Waals surface area (Å²) in [6.07, 6.45) is 3.33. The maximum Gasteiger partial charge on any atom is 0.282 e. The Labute approximate surface area is 161 Å². The molecule has 1 aliphatic carbocycles. The first kappa shape index (κ1) is 20.2. The van der Waals surface area contributed by atoms with Gasteiger partial charge in [0, 0.05) is 12.5 Å². The van der Waals surface area contributed by atoms with Gasteiger partial charge in [0.2, 0.25) is 5.91 Å². The third-order valence-electron chi connectivity index (χ3n) is 4.79. The number of aromatic nitrogens is 2. The van der Waals surface area contributed by atoms with Gasteiger partial charge in [-0.25, -0.2) is 18.7 Å². The van der Waals surface area contributed by atoms with Crippen molar-refractivity contribution in [3.8, 4) is 5.88 Å². The zero-order valence-corrected chi connectivity index (χ0v) is 16.0. The summed E-state index contributed by atoms with van der Waals surface area (Å²) in [6.45, 7) is 3.21. The minimum Gasteiger partial charge on any atom is -0.475 e. The van der Waals surface area contributed by atoms with Gasteiger partial charge >= 0.3 is 0 Å². The molecule has 1 aromatic heterocycles. The number of carbonyl (C=O) groups excluding carboxylic acids is 2. The lowest BCUT2D eigenvalue weighted by Crippen LogP contribution is -2.56. The Morgan fingerprint density at radius 2 is 2.07 bits per heavy atom. The van der Waals surface area contributed by atoms with Gasteiger partial charge in [0.1, 0.15) is 0 Å². The number of nitrogens with two attached hydrogens (primary N) is 1. The molecule has 0 aromatic carbocycles. The molecule has 1 atom stereocenters. The highest BCUT2D eigenvalue weighted by Crippen LogP contribution is 2.36. The fraction of sp³-hybridized carbons (Fsp3) is 0.667. The minimum absolute atomic E-state index is 0.00279. The zero-order chi connectivity index (χ0) is 20.5. The molecule has 2 amide bonds. The second-order valence-electron chi connectivity index (χ2n) is 7.84. The fourth-order valence-corrected chi connectivity index (χ4v) is 2.84. The van der Waals surface area contributed by atoms with Crippen molar-refractivity contribution in [3.05, 3.63) is 11.9 Å². The highest BCUT2D eigenvalue weighted by atomic mass is 19.3. The molecule has 10 heteroatoms. The third kappa shape index (κ3) is 5.05. The first-order chi connectivity index (χ1) is 13.1. The van der Waals surface area contributed by atoms with Gasteiger partial charge in [0.15, 0.2) is 11.5 Å². The number of halogens is 2. The molecule has 1 saturated heterocycles. The van der Waals surface area contributed by atoms with Crippen LogP contribution in [0.1, 0.15) is 43.6 Å². The number of nitrogens with zero attached hydrogens (tertiary/aromatic N) is 3. The van der Waals surface area contributed by atoms with E-state index in [-0.39, 0.29) is 29.7 Å². The van der Waals surface area contributed by atoms with E-state index in [1.807, 2.05) is 13.8 Å². The summed E-state index contributed by atoms with van der Waals surface area (Å²) in [7, 11) is 0. The topological polar surface area (TPSA) is 110 Å². The number of hydrogen-bond donors (Lipinski definition) is 2. The number of anilines is 1. The van der Waals surface area contributed by atoms with E-state index < -0.39 is 36.9 Å². The van der Waals surface area contributed by atoms with Crippen molar-refractivity contribution in [2.45, 2.75) is 45.1 Å². The molecule has 3 N–H and O–H groups in total. The van der Waals surface area contributed by atoms with Crippen LogP contribution in [0.4, 0.5) is 14.6 Å². The number of alkyl halides is 2. The summed E-state index contributed by atoms with van der Waals surface area (Å²) in [5.41, 5.74) is 5.23. The summed E-state index contributed by atoms with van der Waals surface area (Å²) in [6, 6.07) is -0.448. The summed E-state index contributed by atoms with van der Waals surface area (Å²) in [5, 5.41) is 2.73. The van der Waals surface area contributed by atoms with Crippen LogP contribution in [0.15, 0.2) is 6.20 Å². The Hall–Kier alpha value is -2.52. The van der Waals surface area contributed by atoms with Gasteiger partial charge < -0.3 is 20.7 Å². The molecule has 1 saturated carbocycles. The molecule has 28 heavy (non-hydrogen) atoms. The van der Waals surface area contributed by atoms with Gasteiger partial charge in [0.05, 0.1) is 25.9 Å². The van der Waals surface area contributed by atoms with Crippen molar-refractivity contribution in [3.63, 3.8) is 0 Å². The monoisotopic (exact) mass is 397 g/mol. The van der Waals surface area contributed by atoms with Gasteiger partial charge in [-0.05, 0) is 24.7 Å². The van der Waals surface area contributed by atoms with E-state index in [2.05, 4.69) is 15.3 Å². The number of amides is 2. The largest absolute Gasteiger partial charge is 0.475 e. The Bertz CT molecular complexity index is 747. The Balaban J connectivity index is 1.75. The third-order valence-corrected chi connectivity index (χ3v) is 4.79. The molecule has 1 aromatic rings. The second-order valence-corrected chi connectivity index (χ2v) is 7.84. The van der Waals surface area contributed by atoms with Gasteiger partial charge in [0.25, 0.3) is 17.7 Å². The van der Waals surface area contributed by atoms with Crippen LogP contribution in [0.5, 0.6) is 5.88 Å². The summed E-state index contributed by atoms with van der Waals surface area (Å²) in [5.74, 6) is -3.11. The number of carbonyl (C=O) groups is 2. The molecule has 8 nitrogen and oxygen atoms in total. The quantitative estimate of drug-likeness (QED) is 0.651. The molecule has 0 unspecified atom stereocenters. The lowest BCUT2D eigenvalue weighted by Gasteiger charge is -2.39. The van der Waals surface area contributed by atoms with E-state index in [0.717, 1.165) is 12.8 Å².